The highest BCUT2D eigenvalue weighted by Gasteiger charge is 2.18. The van der Waals surface area contributed by atoms with Crippen molar-refractivity contribution in [1.82, 2.24) is 0 Å². The average molecular weight is 226 g/mol. The Morgan fingerprint density at radius 1 is 1.56 bits per heavy atom. The second-order valence-corrected chi connectivity index (χ2v) is 2.74. The van der Waals surface area contributed by atoms with Gasteiger partial charge in [0.05, 0.1) is 17.6 Å². The monoisotopic (exact) mass is 226 g/mol. The number of amides is 1. The van der Waals surface area contributed by atoms with E-state index in [0.29, 0.717) is 12.4 Å². The molecule has 1 amide bonds. The Labute approximate surface area is 90.9 Å². The highest BCUT2D eigenvalue weighted by molar-refractivity contribution is 5.70. The minimum Gasteiger partial charge on any atom is -0.494 e. The van der Waals surface area contributed by atoms with Crippen molar-refractivity contribution in [3.8, 4) is 11.5 Å². The smallest absolute Gasteiger partial charge is 0.410 e. The fraction of sp³-hybridized carbons (Fsp3) is 0.222. The molecule has 1 rings (SSSR count). The third-order valence-electron chi connectivity index (χ3n) is 1.65. The second kappa shape index (κ2) is 4.96. The van der Waals surface area contributed by atoms with Gasteiger partial charge in [-0.25, -0.2) is 4.79 Å². The number of hydrogen-bond donors (Lipinski definition) is 1. The van der Waals surface area contributed by atoms with Crippen molar-refractivity contribution in [2.45, 2.75) is 6.92 Å². The first kappa shape index (κ1) is 11.8. The van der Waals surface area contributed by atoms with Gasteiger partial charge >= 0.3 is 11.8 Å². The molecule has 0 atom stereocenters. The van der Waals surface area contributed by atoms with Crippen LogP contribution in [-0.2, 0) is 0 Å². The molecule has 7 nitrogen and oxygen atoms in total. The third kappa shape index (κ3) is 2.84. The van der Waals surface area contributed by atoms with E-state index in [1.165, 1.54) is 18.2 Å². The van der Waals surface area contributed by atoms with Crippen molar-refractivity contribution < 1.29 is 19.2 Å². The van der Waals surface area contributed by atoms with E-state index >= 15 is 0 Å². The molecule has 1 aromatic carbocycles. The van der Waals surface area contributed by atoms with Crippen LogP contribution < -0.4 is 15.2 Å². The maximum absolute atomic E-state index is 10.7. The van der Waals surface area contributed by atoms with E-state index in [-0.39, 0.29) is 11.4 Å². The van der Waals surface area contributed by atoms with Crippen molar-refractivity contribution in [3.05, 3.63) is 28.3 Å². The van der Waals surface area contributed by atoms with Crippen LogP contribution in [0.4, 0.5) is 10.5 Å². The van der Waals surface area contributed by atoms with Gasteiger partial charge in [-0.2, -0.15) is 0 Å². The largest absolute Gasteiger partial charge is 0.494 e. The van der Waals surface area contributed by atoms with Gasteiger partial charge in [-0.1, -0.05) is 0 Å². The molecule has 0 radical (unpaired) electrons. The summed E-state index contributed by atoms with van der Waals surface area (Å²) in [5, 5.41) is 10.7. The van der Waals surface area contributed by atoms with Crippen molar-refractivity contribution in [3.63, 3.8) is 0 Å². The summed E-state index contributed by atoms with van der Waals surface area (Å²) >= 11 is 0. The number of carbonyl (C=O) groups is 1. The fourth-order valence-electron chi connectivity index (χ4n) is 1.09. The van der Waals surface area contributed by atoms with Gasteiger partial charge in [0.25, 0.3) is 0 Å². The summed E-state index contributed by atoms with van der Waals surface area (Å²) in [4.78, 5) is 20.5. The van der Waals surface area contributed by atoms with Crippen molar-refractivity contribution in [1.29, 1.82) is 0 Å². The number of benzene rings is 1. The first-order chi connectivity index (χ1) is 7.54. The van der Waals surface area contributed by atoms with Crippen LogP contribution in [0.15, 0.2) is 18.2 Å². The molecule has 0 bridgehead atoms. The van der Waals surface area contributed by atoms with Crippen LogP contribution in [-0.4, -0.2) is 17.6 Å². The molecule has 0 saturated carbocycles. The standard InChI is InChI=1S/C9H10N2O5/c1-2-15-6-3-4-8(16-9(10)12)7(5-6)11(13)14/h3-5H,2H2,1H3,(H2,10,12). The average Bonchev–Trinajstić information content (AvgIpc) is 2.19. The molecule has 2 N–H and O–H groups in total. The van der Waals surface area contributed by atoms with Crippen LogP contribution >= 0.6 is 0 Å². The molecule has 0 aliphatic rings. The van der Waals surface area contributed by atoms with Crippen molar-refractivity contribution in [2.24, 2.45) is 5.73 Å². The van der Waals surface area contributed by atoms with Crippen LogP contribution in [0.2, 0.25) is 0 Å². The Kier molecular flexibility index (Phi) is 3.65. The lowest BCUT2D eigenvalue weighted by Crippen LogP contribution is -2.16. The fourth-order valence-corrected chi connectivity index (χ4v) is 1.09. The summed E-state index contributed by atoms with van der Waals surface area (Å²) in [6.45, 7) is 2.13. The lowest BCUT2D eigenvalue weighted by Gasteiger charge is -2.05. The summed E-state index contributed by atoms with van der Waals surface area (Å²) in [6.07, 6.45) is -1.10. The highest BCUT2D eigenvalue weighted by Crippen LogP contribution is 2.31. The molecule has 0 heterocycles. The summed E-state index contributed by atoms with van der Waals surface area (Å²) in [5.41, 5.74) is 4.40. The zero-order valence-electron chi connectivity index (χ0n) is 8.50. The minimum absolute atomic E-state index is 0.207. The van der Waals surface area contributed by atoms with E-state index in [2.05, 4.69) is 4.74 Å². The second-order valence-electron chi connectivity index (χ2n) is 2.74. The van der Waals surface area contributed by atoms with E-state index in [9.17, 15) is 14.9 Å². The molecule has 0 fully saturated rings. The summed E-state index contributed by atoms with van der Waals surface area (Å²) in [6, 6.07) is 3.88. The Hall–Kier alpha value is -2.31. The number of rotatable bonds is 4. The molecule has 0 saturated heterocycles. The number of ether oxygens (including phenoxy) is 2. The number of nitro groups is 1. The SMILES string of the molecule is CCOc1ccc(OC(N)=O)c([N+](=O)[O-])c1. The van der Waals surface area contributed by atoms with Crippen LogP contribution in [0, 0.1) is 10.1 Å². The number of primary amides is 1. The molecular weight excluding hydrogens is 216 g/mol. The molecule has 0 spiro atoms. The maximum atomic E-state index is 10.7. The molecule has 0 aliphatic carbocycles. The van der Waals surface area contributed by atoms with Crippen molar-refractivity contribution in [2.75, 3.05) is 6.61 Å². The topological polar surface area (TPSA) is 105 Å². The molecule has 7 heteroatoms. The van der Waals surface area contributed by atoms with Crippen LogP contribution in [0.5, 0.6) is 11.5 Å². The predicted octanol–water partition coefficient (Wildman–Crippen LogP) is 1.45. The third-order valence-corrected chi connectivity index (χ3v) is 1.65. The van der Waals surface area contributed by atoms with Gasteiger partial charge in [-0.15, -0.1) is 0 Å². The summed E-state index contributed by atoms with van der Waals surface area (Å²) < 4.78 is 9.56. The first-order valence-corrected chi connectivity index (χ1v) is 4.43. The Balaban J connectivity index is 3.08. The molecule has 16 heavy (non-hydrogen) atoms. The molecule has 86 valence electrons. The lowest BCUT2D eigenvalue weighted by atomic mass is 10.3. The van der Waals surface area contributed by atoms with Gasteiger partial charge in [0.15, 0.2) is 0 Å². The normalized spacial score (nSPS) is 9.56. The summed E-state index contributed by atoms with van der Waals surface area (Å²) in [7, 11) is 0. The van der Waals surface area contributed by atoms with E-state index in [0.717, 1.165) is 0 Å². The maximum Gasteiger partial charge on any atom is 0.410 e. The molecule has 1 aromatic rings. The number of nitrogens with zero attached hydrogens (tertiary/aromatic N) is 1. The lowest BCUT2D eigenvalue weighted by molar-refractivity contribution is -0.385. The highest BCUT2D eigenvalue weighted by atomic mass is 16.6. The number of hydrogen-bond acceptors (Lipinski definition) is 5. The van der Waals surface area contributed by atoms with Crippen LogP contribution in [0.3, 0.4) is 0 Å². The van der Waals surface area contributed by atoms with Crippen LogP contribution in [0.1, 0.15) is 6.92 Å². The van der Waals surface area contributed by atoms with Gasteiger partial charge in [0.2, 0.25) is 5.75 Å². The van der Waals surface area contributed by atoms with Gasteiger partial charge in [0, 0.05) is 0 Å². The number of nitro benzene ring substituents is 1. The summed E-state index contributed by atoms with van der Waals surface area (Å²) in [5.74, 6) is 0.118. The van der Waals surface area contributed by atoms with Gasteiger partial charge < -0.3 is 15.2 Å². The molecule has 0 aliphatic heterocycles. The Morgan fingerprint density at radius 3 is 2.75 bits per heavy atom. The molecule has 0 aromatic heterocycles. The van der Waals surface area contributed by atoms with E-state index in [4.69, 9.17) is 10.5 Å². The van der Waals surface area contributed by atoms with Crippen LogP contribution in [0.25, 0.3) is 0 Å². The Bertz CT molecular complexity index is 418. The minimum atomic E-state index is -1.10. The number of carbonyl (C=O) groups excluding carboxylic acids is 1. The number of nitrogens with two attached hydrogens (primary N) is 1. The molecule has 0 unspecified atom stereocenters. The first-order valence-electron chi connectivity index (χ1n) is 4.43. The Morgan fingerprint density at radius 2 is 2.25 bits per heavy atom. The van der Waals surface area contributed by atoms with Gasteiger partial charge in [-0.3, -0.25) is 10.1 Å². The zero-order valence-corrected chi connectivity index (χ0v) is 8.50. The molecular formula is C9H10N2O5. The van der Waals surface area contributed by atoms with Crippen molar-refractivity contribution >= 4 is 11.8 Å². The predicted molar refractivity (Wildman–Crippen MR) is 54.5 cm³/mol. The zero-order chi connectivity index (χ0) is 12.1. The van der Waals surface area contributed by atoms with E-state index < -0.39 is 11.0 Å². The van der Waals surface area contributed by atoms with Gasteiger partial charge in [0.1, 0.15) is 5.75 Å². The quantitative estimate of drug-likeness (QED) is 0.617. The van der Waals surface area contributed by atoms with E-state index in [1.807, 2.05) is 0 Å². The van der Waals surface area contributed by atoms with Gasteiger partial charge in [-0.05, 0) is 19.1 Å². The van der Waals surface area contributed by atoms with E-state index in [1.54, 1.807) is 6.92 Å².